The SMILES string of the molecule is CC(Cc1ccc(B2OC(C)(C)C(C)(C)O2)cc1Cl)OS(C)(C)C(C)(C)C. The van der Waals surface area contributed by atoms with E-state index in [0.717, 1.165) is 22.5 Å². The van der Waals surface area contributed by atoms with E-state index in [9.17, 15) is 0 Å². The molecular formula is C21H36BClO3S. The predicted molar refractivity (Wildman–Crippen MR) is 121 cm³/mol. The molecule has 1 unspecified atom stereocenters. The van der Waals surface area contributed by atoms with Gasteiger partial charge in [-0.05, 0) is 64.2 Å². The van der Waals surface area contributed by atoms with Gasteiger partial charge in [0.1, 0.15) is 0 Å². The molecule has 3 nitrogen and oxygen atoms in total. The molecule has 2 rings (SSSR count). The van der Waals surface area contributed by atoms with Crippen LogP contribution in [-0.2, 0) is 19.9 Å². The van der Waals surface area contributed by atoms with Crippen LogP contribution in [0.4, 0.5) is 0 Å². The van der Waals surface area contributed by atoms with Gasteiger partial charge in [0.2, 0.25) is 0 Å². The second-order valence-corrected chi connectivity index (χ2v) is 14.2. The third-order valence-corrected chi connectivity index (χ3v) is 10.1. The summed E-state index contributed by atoms with van der Waals surface area (Å²) in [6.07, 6.45) is 5.35. The molecule has 0 aromatic heterocycles. The van der Waals surface area contributed by atoms with Gasteiger partial charge < -0.3 is 13.5 Å². The lowest BCUT2D eigenvalue weighted by Crippen LogP contribution is -2.41. The first-order valence-corrected chi connectivity index (χ1v) is 12.4. The number of rotatable bonds is 5. The summed E-state index contributed by atoms with van der Waals surface area (Å²) in [5.41, 5.74) is 1.34. The average molecular weight is 415 g/mol. The first kappa shape index (κ1) is 23.1. The Labute approximate surface area is 173 Å². The Kier molecular flexibility index (Phi) is 6.47. The molecule has 0 spiro atoms. The molecule has 0 amide bonds. The molecule has 1 atom stereocenters. The van der Waals surface area contributed by atoms with E-state index in [4.69, 9.17) is 25.1 Å². The molecule has 1 heterocycles. The van der Waals surface area contributed by atoms with Crippen LogP contribution in [0.15, 0.2) is 18.2 Å². The number of hydrogen-bond acceptors (Lipinski definition) is 3. The molecule has 1 aliphatic rings. The Hall–Kier alpha value is -0.195. The molecule has 1 saturated heterocycles. The van der Waals surface area contributed by atoms with Crippen molar-refractivity contribution in [2.45, 2.75) is 83.9 Å². The highest BCUT2D eigenvalue weighted by Crippen LogP contribution is 2.54. The van der Waals surface area contributed by atoms with Crippen LogP contribution in [0.5, 0.6) is 0 Å². The van der Waals surface area contributed by atoms with Crippen molar-refractivity contribution in [3.05, 3.63) is 28.8 Å². The van der Waals surface area contributed by atoms with E-state index in [0.29, 0.717) is 0 Å². The Bertz CT molecular complexity index is 666. The lowest BCUT2D eigenvalue weighted by Gasteiger charge is -2.45. The molecule has 1 aromatic rings. The smallest absolute Gasteiger partial charge is 0.399 e. The molecule has 0 saturated carbocycles. The summed E-state index contributed by atoms with van der Waals surface area (Å²) in [6.45, 7) is 17.1. The molecule has 27 heavy (non-hydrogen) atoms. The molecule has 1 aliphatic heterocycles. The lowest BCUT2D eigenvalue weighted by atomic mass is 9.78. The van der Waals surface area contributed by atoms with Crippen molar-refractivity contribution in [1.29, 1.82) is 0 Å². The minimum absolute atomic E-state index is 0.106. The molecule has 0 N–H and O–H groups in total. The minimum Gasteiger partial charge on any atom is -0.399 e. The fourth-order valence-electron chi connectivity index (χ4n) is 2.75. The van der Waals surface area contributed by atoms with Crippen molar-refractivity contribution in [2.24, 2.45) is 0 Å². The Morgan fingerprint density at radius 2 is 1.63 bits per heavy atom. The fraction of sp³-hybridized carbons (Fsp3) is 0.714. The Morgan fingerprint density at radius 3 is 2.07 bits per heavy atom. The van der Waals surface area contributed by atoms with E-state index in [-0.39, 0.29) is 29.2 Å². The highest BCUT2D eigenvalue weighted by atomic mass is 35.5. The van der Waals surface area contributed by atoms with Crippen LogP contribution in [0, 0.1) is 0 Å². The van der Waals surface area contributed by atoms with E-state index in [2.05, 4.69) is 80.0 Å². The van der Waals surface area contributed by atoms with Gasteiger partial charge in [-0.15, -0.1) is 10.3 Å². The Morgan fingerprint density at radius 1 is 1.11 bits per heavy atom. The highest BCUT2D eigenvalue weighted by Gasteiger charge is 2.51. The quantitative estimate of drug-likeness (QED) is 0.607. The second-order valence-electron chi connectivity index (χ2n) is 9.90. The van der Waals surface area contributed by atoms with Crippen molar-refractivity contribution in [1.82, 2.24) is 0 Å². The summed E-state index contributed by atoms with van der Waals surface area (Å²) in [4.78, 5) is 0. The zero-order chi connectivity index (χ0) is 20.8. The van der Waals surface area contributed by atoms with Crippen LogP contribution in [0.3, 0.4) is 0 Å². The van der Waals surface area contributed by atoms with Gasteiger partial charge in [0.25, 0.3) is 0 Å². The maximum absolute atomic E-state index is 6.60. The maximum atomic E-state index is 6.60. The van der Waals surface area contributed by atoms with E-state index in [1.807, 2.05) is 6.07 Å². The molecular weight excluding hydrogens is 379 g/mol. The van der Waals surface area contributed by atoms with Crippen LogP contribution >= 0.6 is 21.9 Å². The van der Waals surface area contributed by atoms with Gasteiger partial charge >= 0.3 is 7.12 Å². The van der Waals surface area contributed by atoms with E-state index in [1.54, 1.807) is 0 Å². The van der Waals surface area contributed by atoms with Gasteiger partial charge in [0.15, 0.2) is 0 Å². The standard InChI is InChI=1S/C21H36BClO3S/c1-15(24-27(9,10)19(2,3)4)13-16-11-12-17(14-18(16)23)22-25-20(5,6)21(7,8)26-22/h11-12,14-15H,13H2,1-10H3. The molecule has 0 aliphatic carbocycles. The van der Waals surface area contributed by atoms with Crippen LogP contribution in [0.1, 0.15) is 61.0 Å². The van der Waals surface area contributed by atoms with E-state index < -0.39 is 10.3 Å². The number of halogens is 1. The number of hydrogen-bond donors (Lipinski definition) is 0. The monoisotopic (exact) mass is 414 g/mol. The van der Waals surface area contributed by atoms with Gasteiger partial charge in [-0.1, -0.05) is 44.5 Å². The zero-order valence-electron chi connectivity index (χ0n) is 18.6. The second kappa shape index (κ2) is 7.57. The van der Waals surface area contributed by atoms with Crippen LogP contribution in [-0.4, -0.2) is 41.7 Å². The normalized spacial score (nSPS) is 21.4. The van der Waals surface area contributed by atoms with Crippen molar-refractivity contribution < 1.29 is 13.5 Å². The molecule has 0 radical (unpaired) electrons. The predicted octanol–water partition coefficient (Wildman–Crippen LogP) is 5.36. The van der Waals surface area contributed by atoms with Crippen molar-refractivity contribution in [3.8, 4) is 0 Å². The summed E-state index contributed by atoms with van der Waals surface area (Å²) in [7, 11) is -1.55. The fourth-order valence-corrected chi connectivity index (χ4v) is 4.20. The highest BCUT2D eigenvalue weighted by molar-refractivity contribution is 8.29. The van der Waals surface area contributed by atoms with Gasteiger partial charge in [-0.25, -0.2) is 0 Å². The van der Waals surface area contributed by atoms with Gasteiger partial charge in [0.05, 0.1) is 17.3 Å². The largest absolute Gasteiger partial charge is 0.494 e. The first-order valence-electron chi connectivity index (χ1n) is 9.61. The summed E-state index contributed by atoms with van der Waals surface area (Å²) < 4.78 is 18.8. The first-order chi connectivity index (χ1) is 12.1. The third-order valence-electron chi connectivity index (χ3n) is 5.99. The van der Waals surface area contributed by atoms with Crippen LogP contribution in [0.2, 0.25) is 5.02 Å². The summed E-state index contributed by atoms with van der Waals surface area (Å²) in [5.74, 6) is 0. The van der Waals surface area contributed by atoms with Crippen molar-refractivity contribution in [2.75, 3.05) is 12.5 Å². The zero-order valence-corrected chi connectivity index (χ0v) is 20.2. The maximum Gasteiger partial charge on any atom is 0.494 e. The van der Waals surface area contributed by atoms with Crippen LogP contribution in [0.25, 0.3) is 0 Å². The molecule has 1 fully saturated rings. The Balaban J connectivity index is 2.10. The summed E-state index contributed by atoms with van der Waals surface area (Å²) >= 11 is 6.60. The van der Waals surface area contributed by atoms with Gasteiger partial charge in [-0.2, -0.15) is 0 Å². The number of benzene rings is 1. The molecule has 1 aromatic carbocycles. The van der Waals surface area contributed by atoms with Gasteiger partial charge in [0, 0.05) is 16.2 Å². The van der Waals surface area contributed by atoms with E-state index in [1.165, 1.54) is 0 Å². The van der Waals surface area contributed by atoms with E-state index >= 15 is 0 Å². The molecule has 0 bridgehead atoms. The van der Waals surface area contributed by atoms with Crippen molar-refractivity contribution in [3.63, 3.8) is 0 Å². The third kappa shape index (κ3) is 5.05. The summed E-state index contributed by atoms with van der Waals surface area (Å²) in [6, 6.07) is 6.09. The lowest BCUT2D eigenvalue weighted by molar-refractivity contribution is 0.00578. The topological polar surface area (TPSA) is 27.7 Å². The van der Waals surface area contributed by atoms with Crippen molar-refractivity contribution >= 4 is 34.5 Å². The average Bonchev–Trinajstić information content (AvgIpc) is 2.67. The summed E-state index contributed by atoms with van der Waals surface area (Å²) in [5, 5.41) is 0.737. The van der Waals surface area contributed by atoms with Gasteiger partial charge in [-0.3, -0.25) is 0 Å². The molecule has 154 valence electrons. The minimum atomic E-state index is -1.16. The molecule has 6 heteroatoms. The van der Waals surface area contributed by atoms with Crippen LogP contribution < -0.4 is 5.46 Å².